The molecule has 1 aromatic carbocycles. The lowest BCUT2D eigenvalue weighted by molar-refractivity contribution is -0.117. The van der Waals surface area contributed by atoms with Crippen LogP contribution in [0.2, 0.25) is 0 Å². The molecule has 1 aromatic heterocycles. The van der Waals surface area contributed by atoms with E-state index in [-0.39, 0.29) is 17.5 Å². The monoisotopic (exact) mass is 342 g/mol. The second-order valence-electron chi connectivity index (χ2n) is 5.50. The van der Waals surface area contributed by atoms with Crippen molar-refractivity contribution >= 4 is 17.9 Å². The van der Waals surface area contributed by atoms with Crippen LogP contribution in [0.4, 0.5) is 0 Å². The molecule has 0 aliphatic heterocycles. The first-order valence-corrected chi connectivity index (χ1v) is 8.00. The van der Waals surface area contributed by atoms with Crippen LogP contribution in [0.5, 0.6) is 0 Å². The minimum atomic E-state index is -0.381. The number of nitrogens with one attached hydrogen (secondary N) is 2. The summed E-state index contributed by atoms with van der Waals surface area (Å²) < 4.78 is 10.2. The second-order valence-corrected chi connectivity index (χ2v) is 5.50. The molecule has 0 radical (unpaired) electrons. The number of benzene rings is 1. The zero-order valence-corrected chi connectivity index (χ0v) is 14.4. The van der Waals surface area contributed by atoms with Crippen LogP contribution in [0.1, 0.15) is 28.1 Å². The molecule has 2 N–H and O–H groups in total. The first-order valence-electron chi connectivity index (χ1n) is 8.00. The Morgan fingerprint density at radius 3 is 2.76 bits per heavy atom. The van der Waals surface area contributed by atoms with Gasteiger partial charge in [0.1, 0.15) is 11.5 Å². The van der Waals surface area contributed by atoms with Crippen molar-refractivity contribution in [2.75, 3.05) is 20.3 Å². The van der Waals surface area contributed by atoms with Gasteiger partial charge in [0.2, 0.25) is 0 Å². The predicted octanol–water partition coefficient (Wildman–Crippen LogP) is 2.51. The third-order valence-electron chi connectivity index (χ3n) is 3.41. The van der Waals surface area contributed by atoms with Gasteiger partial charge in [-0.3, -0.25) is 9.59 Å². The molecule has 0 aliphatic rings. The maximum absolute atomic E-state index is 12.4. The minimum absolute atomic E-state index is 0.124. The molecule has 0 fully saturated rings. The van der Waals surface area contributed by atoms with Gasteiger partial charge in [-0.05, 0) is 37.6 Å². The SMILES string of the molecule is COCCCNC(=O)/C(=C/c1ccco1)NC(=O)c1cccc(C)c1. The third-order valence-corrected chi connectivity index (χ3v) is 3.41. The Kier molecular flexibility index (Phi) is 6.98. The Bertz CT molecular complexity index is 736. The lowest BCUT2D eigenvalue weighted by Gasteiger charge is -2.11. The summed E-state index contributed by atoms with van der Waals surface area (Å²) in [6, 6.07) is 10.6. The van der Waals surface area contributed by atoms with Crippen molar-refractivity contribution in [1.29, 1.82) is 0 Å². The summed E-state index contributed by atoms with van der Waals surface area (Å²) >= 11 is 0. The molecule has 6 nitrogen and oxygen atoms in total. The van der Waals surface area contributed by atoms with Gasteiger partial charge in [0.25, 0.3) is 11.8 Å². The fraction of sp³-hybridized carbons (Fsp3) is 0.263. The molecule has 2 aromatic rings. The Morgan fingerprint density at radius 2 is 2.08 bits per heavy atom. The van der Waals surface area contributed by atoms with Gasteiger partial charge >= 0.3 is 0 Å². The van der Waals surface area contributed by atoms with Crippen LogP contribution in [0, 0.1) is 6.92 Å². The average molecular weight is 342 g/mol. The average Bonchev–Trinajstić information content (AvgIpc) is 3.11. The number of carbonyl (C=O) groups is 2. The highest BCUT2D eigenvalue weighted by molar-refractivity contribution is 6.05. The molecule has 132 valence electrons. The van der Waals surface area contributed by atoms with E-state index in [2.05, 4.69) is 10.6 Å². The van der Waals surface area contributed by atoms with Crippen LogP contribution < -0.4 is 10.6 Å². The molecule has 0 aliphatic carbocycles. The molecule has 0 saturated heterocycles. The number of methoxy groups -OCH3 is 1. The summed E-state index contributed by atoms with van der Waals surface area (Å²) in [6.45, 7) is 2.90. The summed E-state index contributed by atoms with van der Waals surface area (Å²) in [6.07, 6.45) is 3.68. The summed E-state index contributed by atoms with van der Waals surface area (Å²) in [4.78, 5) is 24.8. The van der Waals surface area contributed by atoms with E-state index in [1.807, 2.05) is 13.0 Å². The molecule has 6 heteroatoms. The van der Waals surface area contributed by atoms with Crippen LogP contribution >= 0.6 is 0 Å². The summed E-state index contributed by atoms with van der Waals surface area (Å²) in [5.74, 6) is -0.256. The Balaban J connectivity index is 2.11. The Hall–Kier alpha value is -2.86. The fourth-order valence-corrected chi connectivity index (χ4v) is 2.17. The predicted molar refractivity (Wildman–Crippen MR) is 94.8 cm³/mol. The maximum atomic E-state index is 12.4. The van der Waals surface area contributed by atoms with Crippen LogP contribution in [0.3, 0.4) is 0 Å². The van der Waals surface area contributed by atoms with Gasteiger partial charge < -0.3 is 19.8 Å². The third kappa shape index (κ3) is 5.93. The van der Waals surface area contributed by atoms with E-state index in [9.17, 15) is 9.59 Å². The van der Waals surface area contributed by atoms with Crippen molar-refractivity contribution in [1.82, 2.24) is 10.6 Å². The number of aryl methyl sites for hydroxylation is 1. The van der Waals surface area contributed by atoms with Crippen molar-refractivity contribution in [3.8, 4) is 0 Å². The second kappa shape index (κ2) is 9.44. The Morgan fingerprint density at radius 1 is 1.24 bits per heavy atom. The highest BCUT2D eigenvalue weighted by Crippen LogP contribution is 2.09. The quantitative estimate of drug-likeness (QED) is 0.571. The van der Waals surface area contributed by atoms with Gasteiger partial charge in [0, 0.05) is 31.9 Å². The van der Waals surface area contributed by atoms with Gasteiger partial charge in [-0.1, -0.05) is 17.7 Å². The normalized spacial score (nSPS) is 11.2. The highest BCUT2D eigenvalue weighted by atomic mass is 16.5. The molecule has 0 saturated carbocycles. The number of amides is 2. The standard InChI is InChI=1S/C19H22N2O4/c1-14-6-3-7-15(12-14)18(22)21-17(13-16-8-4-11-25-16)19(23)20-9-5-10-24-2/h3-4,6-8,11-13H,5,9-10H2,1-2H3,(H,20,23)(H,21,22)/b17-13-. The maximum Gasteiger partial charge on any atom is 0.267 e. The highest BCUT2D eigenvalue weighted by Gasteiger charge is 2.15. The van der Waals surface area contributed by atoms with Gasteiger partial charge in [0.15, 0.2) is 0 Å². The van der Waals surface area contributed by atoms with Gasteiger partial charge in [-0.2, -0.15) is 0 Å². The van der Waals surface area contributed by atoms with Gasteiger partial charge in [0.05, 0.1) is 6.26 Å². The van der Waals surface area contributed by atoms with Crippen LogP contribution in [-0.2, 0) is 9.53 Å². The van der Waals surface area contributed by atoms with Crippen molar-refractivity contribution in [2.45, 2.75) is 13.3 Å². The topological polar surface area (TPSA) is 80.6 Å². The molecular formula is C19H22N2O4. The molecule has 0 atom stereocenters. The fourth-order valence-electron chi connectivity index (χ4n) is 2.17. The number of hydrogen-bond donors (Lipinski definition) is 2. The van der Waals surface area contributed by atoms with E-state index >= 15 is 0 Å². The molecule has 2 amide bonds. The molecule has 0 unspecified atom stereocenters. The van der Waals surface area contributed by atoms with Gasteiger partial charge in [-0.15, -0.1) is 0 Å². The first-order chi connectivity index (χ1) is 12.1. The van der Waals surface area contributed by atoms with Crippen LogP contribution in [-0.4, -0.2) is 32.1 Å². The lowest BCUT2D eigenvalue weighted by Crippen LogP contribution is -2.35. The molecule has 0 bridgehead atoms. The Labute approximate surface area is 146 Å². The molecule has 1 heterocycles. The van der Waals surface area contributed by atoms with Crippen LogP contribution in [0.15, 0.2) is 52.8 Å². The summed E-state index contributed by atoms with van der Waals surface area (Å²) in [5, 5.41) is 5.41. The molecular weight excluding hydrogens is 320 g/mol. The van der Waals surface area contributed by atoms with Gasteiger partial charge in [-0.25, -0.2) is 0 Å². The summed E-state index contributed by atoms with van der Waals surface area (Å²) in [7, 11) is 1.60. The molecule has 0 spiro atoms. The van der Waals surface area contributed by atoms with E-state index in [0.29, 0.717) is 30.9 Å². The lowest BCUT2D eigenvalue weighted by atomic mass is 10.1. The zero-order valence-electron chi connectivity index (χ0n) is 14.4. The van der Waals surface area contributed by atoms with E-state index < -0.39 is 0 Å². The van der Waals surface area contributed by atoms with Crippen LogP contribution in [0.25, 0.3) is 6.08 Å². The number of ether oxygens (including phenoxy) is 1. The number of hydrogen-bond acceptors (Lipinski definition) is 4. The largest absolute Gasteiger partial charge is 0.465 e. The van der Waals surface area contributed by atoms with Crippen molar-refractivity contribution in [3.63, 3.8) is 0 Å². The van der Waals surface area contributed by atoms with E-state index in [1.54, 1.807) is 37.4 Å². The van der Waals surface area contributed by atoms with Crippen molar-refractivity contribution < 1.29 is 18.7 Å². The number of furan rings is 1. The molecule has 25 heavy (non-hydrogen) atoms. The summed E-state index contributed by atoms with van der Waals surface area (Å²) in [5.41, 5.74) is 1.57. The first kappa shape index (κ1) is 18.5. The minimum Gasteiger partial charge on any atom is -0.465 e. The number of carbonyl (C=O) groups excluding carboxylic acids is 2. The molecule has 2 rings (SSSR count). The zero-order chi connectivity index (χ0) is 18.1. The van der Waals surface area contributed by atoms with E-state index in [0.717, 1.165) is 5.56 Å². The van der Waals surface area contributed by atoms with Crippen molar-refractivity contribution in [2.24, 2.45) is 0 Å². The van der Waals surface area contributed by atoms with E-state index in [1.165, 1.54) is 12.3 Å². The number of rotatable bonds is 8. The van der Waals surface area contributed by atoms with E-state index in [4.69, 9.17) is 9.15 Å². The smallest absolute Gasteiger partial charge is 0.267 e. The van der Waals surface area contributed by atoms with Crippen molar-refractivity contribution in [3.05, 3.63) is 65.2 Å².